The second-order valence-electron chi connectivity index (χ2n) is 13.6. The van der Waals surface area contributed by atoms with E-state index >= 15 is 0 Å². The van der Waals surface area contributed by atoms with E-state index in [-0.39, 0.29) is 7.25 Å². The van der Waals surface area contributed by atoms with Crippen molar-refractivity contribution in [3.05, 3.63) is 216 Å². The summed E-state index contributed by atoms with van der Waals surface area (Å²) in [5.41, 5.74) is 15.2. The topological polar surface area (TPSA) is 26.3 Å². The first-order valence-corrected chi connectivity index (χ1v) is 21.0. The van der Waals surface area contributed by atoms with E-state index in [0.717, 1.165) is 34.2 Å². The van der Waals surface area contributed by atoms with Crippen molar-refractivity contribution in [2.24, 2.45) is 0 Å². The van der Waals surface area contributed by atoms with Crippen LogP contribution in [0.4, 0.5) is 0 Å². The number of rotatable bonds is 8. The van der Waals surface area contributed by atoms with Crippen LogP contribution in [0.3, 0.4) is 0 Å². The minimum atomic E-state index is -1.41. The number of benzene rings is 6. The summed E-state index contributed by atoms with van der Waals surface area (Å²) >= 11 is -1.41. The third kappa shape index (κ3) is 5.86. The predicted octanol–water partition coefficient (Wildman–Crippen LogP) is 13.5. The monoisotopic (exact) mass is 756 g/mol. The number of hydrogen-bond donors (Lipinski definition) is 0. The van der Waals surface area contributed by atoms with Gasteiger partial charge in [-0.1, -0.05) is 0 Å². The Morgan fingerprint density at radius 1 is 0.321 bits per heavy atom. The molecule has 0 radical (unpaired) electrons. The first-order chi connectivity index (χ1) is 26.3. The van der Waals surface area contributed by atoms with Crippen molar-refractivity contribution in [3.8, 4) is 44.9 Å². The van der Waals surface area contributed by atoms with Crippen molar-refractivity contribution in [3.63, 3.8) is 0 Å². The zero-order valence-corrected chi connectivity index (χ0v) is 31.4. The zero-order chi connectivity index (χ0) is 35.1. The molecule has 2 atom stereocenters. The number of fused-ring (bicyclic) bond motifs is 2. The Kier molecular flexibility index (Phi) is 8.23. The molecule has 2 unspecified atom stereocenters. The van der Waals surface area contributed by atoms with E-state index in [0.29, 0.717) is 0 Å². The van der Waals surface area contributed by atoms with E-state index in [9.17, 15) is 0 Å². The van der Waals surface area contributed by atoms with Crippen LogP contribution in [0.2, 0.25) is 0 Å². The third-order valence-electron chi connectivity index (χ3n) is 10.5. The summed E-state index contributed by atoms with van der Waals surface area (Å²) < 4.78 is 14.0. The van der Waals surface area contributed by atoms with Gasteiger partial charge in [-0.05, 0) is 0 Å². The summed E-state index contributed by atoms with van der Waals surface area (Å²) in [6.45, 7) is 0. The van der Waals surface area contributed by atoms with Gasteiger partial charge in [0, 0.05) is 0 Å². The first-order valence-electron chi connectivity index (χ1n) is 18.2. The van der Waals surface area contributed by atoms with Gasteiger partial charge in [0.05, 0.1) is 0 Å². The van der Waals surface area contributed by atoms with Crippen LogP contribution < -0.4 is 0 Å². The van der Waals surface area contributed by atoms with Crippen LogP contribution in [-0.4, -0.2) is 0 Å². The SMILES string of the molecule is C1=C(c2ccc(-c3ccccc3)o2)[CH]([Zr][CH]2C(c3ccc(-c4ccccc4)o3)=Cc3c(-c4ccccc4)cccc32)c2cccc(-c3ccccc3)c21. The molecule has 0 aliphatic heterocycles. The molecular formula is C50H34O2Zr. The van der Waals surface area contributed by atoms with E-state index < -0.39 is 23.2 Å². The Morgan fingerprint density at radius 3 is 1.08 bits per heavy atom. The molecule has 0 saturated heterocycles. The number of hydrogen-bond acceptors (Lipinski definition) is 2. The minimum absolute atomic E-state index is 0.260. The van der Waals surface area contributed by atoms with Crippen molar-refractivity contribution in [1.82, 2.24) is 0 Å². The molecule has 0 N–H and O–H groups in total. The standard InChI is InChI=1S/2C25H17O.Zr/c2*1-3-8-18(9-4-1)22-13-7-12-20-16-21(17-23(20)22)25-15-14-24(26-25)19-10-5-2-6-11-19;/h2*1-17H;. The number of allylic oxidation sites excluding steroid dienone is 2. The van der Waals surface area contributed by atoms with Crippen LogP contribution in [0.5, 0.6) is 0 Å². The van der Waals surface area contributed by atoms with E-state index in [1.165, 1.54) is 55.7 Å². The fourth-order valence-corrected chi connectivity index (χ4v) is 12.9. The molecule has 3 heteroatoms. The summed E-state index contributed by atoms with van der Waals surface area (Å²) in [6.07, 6.45) is 4.85. The van der Waals surface area contributed by atoms with Gasteiger partial charge in [-0.15, -0.1) is 0 Å². The average molecular weight is 758 g/mol. The summed E-state index contributed by atoms with van der Waals surface area (Å²) in [5.74, 6) is 3.70. The molecule has 250 valence electrons. The van der Waals surface area contributed by atoms with E-state index in [1.807, 2.05) is 12.1 Å². The summed E-state index contributed by atoms with van der Waals surface area (Å²) in [6, 6.07) is 64.8. The van der Waals surface area contributed by atoms with Crippen LogP contribution in [0.15, 0.2) is 191 Å². The van der Waals surface area contributed by atoms with Crippen LogP contribution in [0, 0.1) is 0 Å². The Morgan fingerprint density at radius 2 is 0.679 bits per heavy atom. The predicted molar refractivity (Wildman–Crippen MR) is 213 cm³/mol. The molecule has 0 amide bonds. The van der Waals surface area contributed by atoms with Gasteiger partial charge in [0.25, 0.3) is 0 Å². The molecule has 6 aromatic carbocycles. The molecule has 0 spiro atoms. The molecular weight excluding hydrogens is 724 g/mol. The van der Waals surface area contributed by atoms with Gasteiger partial charge in [0.1, 0.15) is 0 Å². The van der Waals surface area contributed by atoms with Gasteiger partial charge in [-0.25, -0.2) is 0 Å². The van der Waals surface area contributed by atoms with Crippen LogP contribution >= 0.6 is 0 Å². The fraction of sp³-hybridized carbons (Fsp3) is 0.0400. The molecule has 0 saturated carbocycles. The maximum absolute atomic E-state index is 6.76. The van der Waals surface area contributed by atoms with E-state index in [1.54, 1.807) is 0 Å². The van der Waals surface area contributed by atoms with Gasteiger partial charge < -0.3 is 0 Å². The van der Waals surface area contributed by atoms with Crippen LogP contribution in [0.1, 0.15) is 41.0 Å². The van der Waals surface area contributed by atoms with Crippen molar-refractivity contribution in [1.29, 1.82) is 0 Å². The van der Waals surface area contributed by atoms with Gasteiger partial charge in [-0.2, -0.15) is 0 Å². The quantitative estimate of drug-likeness (QED) is 0.154. The van der Waals surface area contributed by atoms with E-state index in [2.05, 4.69) is 182 Å². The van der Waals surface area contributed by atoms with Crippen LogP contribution in [-0.2, 0) is 23.2 Å². The zero-order valence-electron chi connectivity index (χ0n) is 28.9. The molecule has 0 fully saturated rings. The Bertz CT molecular complexity index is 2440. The molecule has 53 heavy (non-hydrogen) atoms. The Labute approximate surface area is 321 Å². The van der Waals surface area contributed by atoms with Gasteiger partial charge in [0.2, 0.25) is 0 Å². The molecule has 2 nitrogen and oxygen atoms in total. The molecule has 2 aromatic heterocycles. The van der Waals surface area contributed by atoms with Gasteiger partial charge in [-0.3, -0.25) is 0 Å². The molecule has 8 aromatic rings. The normalized spacial score (nSPS) is 15.8. The second-order valence-corrected chi connectivity index (χ2v) is 17.3. The van der Waals surface area contributed by atoms with Gasteiger partial charge >= 0.3 is 323 Å². The molecule has 0 bridgehead atoms. The Balaban J connectivity index is 1.12. The van der Waals surface area contributed by atoms with Crippen molar-refractivity contribution >= 4 is 23.3 Å². The molecule has 10 rings (SSSR count). The van der Waals surface area contributed by atoms with Crippen molar-refractivity contribution < 1.29 is 32.1 Å². The number of furan rings is 2. The van der Waals surface area contributed by atoms with Gasteiger partial charge in [0.15, 0.2) is 0 Å². The maximum atomic E-state index is 6.76. The molecule has 2 heterocycles. The third-order valence-corrected chi connectivity index (χ3v) is 15.2. The summed E-state index contributed by atoms with van der Waals surface area (Å²) in [7, 11) is 0. The van der Waals surface area contributed by atoms with Crippen molar-refractivity contribution in [2.75, 3.05) is 0 Å². The molecule has 2 aliphatic rings. The molecule has 2 aliphatic carbocycles. The van der Waals surface area contributed by atoms with Crippen molar-refractivity contribution in [2.45, 2.75) is 7.25 Å². The second kappa shape index (κ2) is 13.7. The first kappa shape index (κ1) is 31.9. The fourth-order valence-electron chi connectivity index (χ4n) is 8.00. The Hall–Kier alpha value is -5.76. The van der Waals surface area contributed by atoms with Crippen LogP contribution in [0.25, 0.3) is 68.2 Å². The summed E-state index contributed by atoms with van der Waals surface area (Å²) in [5, 5.41) is 0. The average Bonchev–Trinajstić information content (AvgIpc) is 4.05. The summed E-state index contributed by atoms with van der Waals surface area (Å²) in [4.78, 5) is 0. The van der Waals surface area contributed by atoms with E-state index in [4.69, 9.17) is 8.83 Å².